The Kier molecular flexibility index (Phi) is 6.37. The average Bonchev–Trinajstić information content (AvgIpc) is 2.72. The van der Waals surface area contributed by atoms with Gasteiger partial charge in [-0.2, -0.15) is 0 Å². The maximum Gasteiger partial charge on any atom is 0.247 e. The van der Waals surface area contributed by atoms with Crippen LogP contribution in [0.4, 0.5) is 0 Å². The Balaban J connectivity index is 2.06. The van der Waals surface area contributed by atoms with Gasteiger partial charge in [0.1, 0.15) is 0 Å². The van der Waals surface area contributed by atoms with Crippen molar-refractivity contribution < 1.29 is 19.0 Å². The van der Waals surface area contributed by atoms with Crippen molar-refractivity contribution in [2.24, 2.45) is 0 Å². The number of hydrogen-bond acceptors (Lipinski definition) is 4. The summed E-state index contributed by atoms with van der Waals surface area (Å²) < 4.78 is 16.1. The monoisotopic (exact) mass is 387 g/mol. The van der Waals surface area contributed by atoms with E-state index in [1.165, 1.54) is 0 Å². The minimum Gasteiger partial charge on any atom is -0.493 e. The number of carbonyl (C=O) groups excluding carboxylic acids is 1. The molecule has 0 spiro atoms. The number of rotatable bonds is 5. The van der Waals surface area contributed by atoms with Gasteiger partial charge in [0, 0.05) is 29.8 Å². The Morgan fingerprint density at radius 2 is 1.78 bits per heavy atom. The van der Waals surface area contributed by atoms with Crippen LogP contribution in [0, 0.1) is 0 Å². The van der Waals surface area contributed by atoms with Crippen molar-refractivity contribution in [2.75, 3.05) is 40.5 Å². The largest absolute Gasteiger partial charge is 0.493 e. The van der Waals surface area contributed by atoms with Gasteiger partial charge in [0.25, 0.3) is 0 Å². The maximum atomic E-state index is 12.8. The Morgan fingerprint density at radius 3 is 2.44 bits per heavy atom. The molecule has 0 atom stereocenters. The Bertz CT molecular complexity index is 844. The standard InChI is InChI=1S/C21H22ClNO4/c1-25-19-8-7-15(13-20(19)26-2)17(16-5-3-4-6-18(16)22)14-21(24)23-9-11-27-12-10-23/h3-8,13-14H,9-12H2,1-2H3. The van der Waals surface area contributed by atoms with Crippen LogP contribution in [0.15, 0.2) is 48.5 Å². The van der Waals surface area contributed by atoms with Crippen molar-refractivity contribution in [1.29, 1.82) is 0 Å². The molecule has 27 heavy (non-hydrogen) atoms. The minimum atomic E-state index is -0.0667. The molecule has 0 unspecified atom stereocenters. The van der Waals surface area contributed by atoms with Gasteiger partial charge < -0.3 is 19.1 Å². The molecule has 2 aromatic rings. The number of amides is 1. The zero-order valence-corrected chi connectivity index (χ0v) is 16.2. The predicted octanol–water partition coefficient (Wildman–Crippen LogP) is 3.65. The molecule has 0 N–H and O–H groups in total. The zero-order chi connectivity index (χ0) is 19.2. The molecule has 1 aliphatic heterocycles. The van der Waals surface area contributed by atoms with E-state index < -0.39 is 0 Å². The van der Waals surface area contributed by atoms with Gasteiger partial charge in [-0.3, -0.25) is 4.79 Å². The van der Waals surface area contributed by atoms with Crippen LogP contribution >= 0.6 is 11.6 Å². The highest BCUT2D eigenvalue weighted by molar-refractivity contribution is 6.32. The highest BCUT2D eigenvalue weighted by atomic mass is 35.5. The molecule has 0 bridgehead atoms. The van der Waals surface area contributed by atoms with Crippen LogP contribution in [0.25, 0.3) is 5.57 Å². The van der Waals surface area contributed by atoms with Gasteiger partial charge in [0.05, 0.1) is 27.4 Å². The second kappa shape index (κ2) is 8.93. The van der Waals surface area contributed by atoms with Crippen LogP contribution in [0.5, 0.6) is 11.5 Å². The van der Waals surface area contributed by atoms with E-state index in [9.17, 15) is 4.79 Å². The lowest BCUT2D eigenvalue weighted by Crippen LogP contribution is -2.39. The van der Waals surface area contributed by atoms with Crippen molar-refractivity contribution in [2.45, 2.75) is 0 Å². The van der Waals surface area contributed by atoms with E-state index in [0.717, 1.165) is 16.7 Å². The molecular weight excluding hydrogens is 366 g/mol. The molecular formula is C21H22ClNO4. The highest BCUT2D eigenvalue weighted by Gasteiger charge is 2.18. The SMILES string of the molecule is COc1ccc(C(=CC(=O)N2CCOCC2)c2ccccc2Cl)cc1OC. The number of ether oxygens (including phenoxy) is 3. The molecule has 0 aromatic heterocycles. The first-order valence-corrected chi connectivity index (χ1v) is 9.07. The average molecular weight is 388 g/mol. The summed E-state index contributed by atoms with van der Waals surface area (Å²) in [6, 6.07) is 13.0. The molecule has 1 saturated heterocycles. The molecule has 1 amide bonds. The maximum absolute atomic E-state index is 12.8. The van der Waals surface area contributed by atoms with Crippen molar-refractivity contribution in [3.63, 3.8) is 0 Å². The number of methoxy groups -OCH3 is 2. The quantitative estimate of drug-likeness (QED) is 0.735. The molecule has 5 nitrogen and oxygen atoms in total. The van der Waals surface area contributed by atoms with Crippen molar-refractivity contribution in [3.05, 3.63) is 64.7 Å². The van der Waals surface area contributed by atoms with Crippen LogP contribution in [0.2, 0.25) is 5.02 Å². The number of carbonyl (C=O) groups is 1. The van der Waals surface area contributed by atoms with Gasteiger partial charge in [-0.25, -0.2) is 0 Å². The second-order valence-electron chi connectivity index (χ2n) is 6.05. The number of hydrogen-bond donors (Lipinski definition) is 0. The van der Waals surface area contributed by atoms with E-state index in [-0.39, 0.29) is 5.91 Å². The zero-order valence-electron chi connectivity index (χ0n) is 15.4. The summed E-state index contributed by atoms with van der Waals surface area (Å²) in [5, 5.41) is 0.577. The van der Waals surface area contributed by atoms with E-state index >= 15 is 0 Å². The van der Waals surface area contributed by atoms with Gasteiger partial charge in [-0.15, -0.1) is 0 Å². The molecule has 0 radical (unpaired) electrons. The van der Waals surface area contributed by atoms with Gasteiger partial charge >= 0.3 is 0 Å². The Hall–Kier alpha value is -2.50. The minimum absolute atomic E-state index is 0.0667. The van der Waals surface area contributed by atoms with Gasteiger partial charge in [-0.1, -0.05) is 35.9 Å². The third-order valence-corrected chi connectivity index (χ3v) is 4.78. The molecule has 1 fully saturated rings. The smallest absolute Gasteiger partial charge is 0.247 e. The molecule has 3 rings (SSSR count). The third kappa shape index (κ3) is 4.43. The van der Waals surface area contributed by atoms with Crippen LogP contribution in [0.3, 0.4) is 0 Å². The number of nitrogens with zero attached hydrogens (tertiary/aromatic N) is 1. The van der Waals surface area contributed by atoms with Crippen molar-refractivity contribution in [1.82, 2.24) is 4.90 Å². The van der Waals surface area contributed by atoms with E-state index in [1.54, 1.807) is 25.2 Å². The fourth-order valence-corrected chi connectivity index (χ4v) is 3.24. The van der Waals surface area contributed by atoms with Crippen molar-refractivity contribution >= 4 is 23.1 Å². The molecule has 1 aliphatic rings. The highest BCUT2D eigenvalue weighted by Crippen LogP contribution is 2.35. The lowest BCUT2D eigenvalue weighted by molar-refractivity contribution is -0.129. The lowest BCUT2D eigenvalue weighted by atomic mass is 9.96. The molecule has 0 aliphatic carbocycles. The summed E-state index contributed by atoms with van der Waals surface area (Å²) in [7, 11) is 3.17. The van der Waals surface area contributed by atoms with E-state index in [1.807, 2.05) is 42.5 Å². The van der Waals surface area contributed by atoms with Gasteiger partial charge in [0.15, 0.2) is 11.5 Å². The van der Waals surface area contributed by atoms with Crippen LogP contribution in [-0.2, 0) is 9.53 Å². The summed E-state index contributed by atoms with van der Waals surface area (Å²) in [5.74, 6) is 1.15. The lowest BCUT2D eigenvalue weighted by Gasteiger charge is -2.26. The first-order chi connectivity index (χ1) is 13.1. The van der Waals surface area contributed by atoms with E-state index in [2.05, 4.69) is 0 Å². The number of morpholine rings is 1. The first kappa shape index (κ1) is 19.3. The van der Waals surface area contributed by atoms with Gasteiger partial charge in [0.2, 0.25) is 5.91 Å². The van der Waals surface area contributed by atoms with Gasteiger partial charge in [-0.05, 0) is 29.3 Å². The fourth-order valence-electron chi connectivity index (χ4n) is 3.00. The number of halogens is 1. The first-order valence-electron chi connectivity index (χ1n) is 8.69. The molecule has 142 valence electrons. The summed E-state index contributed by atoms with van der Waals surface area (Å²) >= 11 is 6.43. The Labute approximate surface area is 164 Å². The molecule has 6 heteroatoms. The summed E-state index contributed by atoms with van der Waals surface area (Å²) in [6.07, 6.45) is 1.63. The van der Waals surface area contributed by atoms with E-state index in [0.29, 0.717) is 42.8 Å². The normalized spacial score (nSPS) is 14.8. The summed E-state index contributed by atoms with van der Waals surface area (Å²) in [5.41, 5.74) is 2.34. The molecule has 1 heterocycles. The topological polar surface area (TPSA) is 48.0 Å². The number of benzene rings is 2. The summed E-state index contributed by atoms with van der Waals surface area (Å²) in [4.78, 5) is 14.6. The van der Waals surface area contributed by atoms with Crippen molar-refractivity contribution in [3.8, 4) is 11.5 Å². The molecule has 2 aromatic carbocycles. The van der Waals surface area contributed by atoms with Crippen LogP contribution < -0.4 is 9.47 Å². The molecule has 0 saturated carbocycles. The van der Waals surface area contributed by atoms with E-state index in [4.69, 9.17) is 25.8 Å². The van der Waals surface area contributed by atoms with Crippen LogP contribution in [-0.4, -0.2) is 51.3 Å². The second-order valence-corrected chi connectivity index (χ2v) is 6.45. The fraction of sp³-hybridized carbons (Fsp3) is 0.286. The third-order valence-electron chi connectivity index (χ3n) is 4.45. The summed E-state index contributed by atoms with van der Waals surface area (Å²) in [6.45, 7) is 2.27. The Morgan fingerprint density at radius 1 is 1.07 bits per heavy atom. The van der Waals surface area contributed by atoms with Crippen LogP contribution in [0.1, 0.15) is 11.1 Å². The predicted molar refractivity (Wildman–Crippen MR) is 105 cm³/mol.